The Morgan fingerprint density at radius 2 is 1.68 bits per heavy atom. The molecule has 2 fully saturated rings. The molecule has 2 aliphatic rings. The molecule has 1 atom stereocenters. The first-order valence-electron chi connectivity index (χ1n) is 10.8. The topological polar surface area (TPSA) is 126 Å². The molecule has 1 aromatic carbocycles. The summed E-state index contributed by atoms with van der Waals surface area (Å²) in [5.74, 6) is 1.21. The SMILES string of the molecule is COc1cc(N2CCN(c3ccc(N4C[C@@H](CNS(C)(=O)=O)OC4=O)cc3)CC2)nc(OC)n1. The van der Waals surface area contributed by atoms with E-state index in [1.807, 2.05) is 24.3 Å². The van der Waals surface area contributed by atoms with Crippen molar-refractivity contribution in [3.8, 4) is 11.9 Å². The summed E-state index contributed by atoms with van der Waals surface area (Å²) in [6, 6.07) is 9.74. The highest BCUT2D eigenvalue weighted by atomic mass is 32.2. The quantitative estimate of drug-likeness (QED) is 0.562. The fraction of sp³-hybridized carbons (Fsp3) is 0.476. The van der Waals surface area contributed by atoms with Gasteiger partial charge in [-0.3, -0.25) is 4.90 Å². The summed E-state index contributed by atoms with van der Waals surface area (Å²) in [7, 11) is -0.267. The number of anilines is 3. The van der Waals surface area contributed by atoms with Crippen LogP contribution in [0.1, 0.15) is 0 Å². The number of nitrogens with one attached hydrogen (secondary N) is 1. The Morgan fingerprint density at radius 1 is 1.03 bits per heavy atom. The fourth-order valence-corrected chi connectivity index (χ4v) is 4.36. The molecule has 2 aromatic rings. The van der Waals surface area contributed by atoms with Gasteiger partial charge in [0.25, 0.3) is 0 Å². The zero-order chi connectivity index (χ0) is 24.3. The number of piperazine rings is 1. The molecule has 0 aliphatic carbocycles. The van der Waals surface area contributed by atoms with Gasteiger partial charge in [-0.05, 0) is 24.3 Å². The number of carbonyl (C=O) groups excluding carboxylic acids is 1. The first-order chi connectivity index (χ1) is 16.3. The number of methoxy groups -OCH3 is 2. The van der Waals surface area contributed by atoms with Gasteiger partial charge in [0.05, 0.1) is 27.0 Å². The van der Waals surface area contributed by atoms with E-state index < -0.39 is 22.2 Å². The van der Waals surface area contributed by atoms with Gasteiger partial charge in [0.1, 0.15) is 11.9 Å². The first kappa shape index (κ1) is 23.8. The average molecular weight is 493 g/mol. The third-order valence-corrected chi connectivity index (χ3v) is 6.33. The van der Waals surface area contributed by atoms with E-state index in [0.717, 1.165) is 43.9 Å². The van der Waals surface area contributed by atoms with Crippen LogP contribution >= 0.6 is 0 Å². The average Bonchev–Trinajstić information content (AvgIpc) is 3.22. The highest BCUT2D eigenvalue weighted by Crippen LogP contribution is 2.27. The predicted molar refractivity (Wildman–Crippen MR) is 126 cm³/mol. The molecular weight excluding hydrogens is 464 g/mol. The lowest BCUT2D eigenvalue weighted by Gasteiger charge is -2.36. The Hall–Kier alpha value is -3.32. The van der Waals surface area contributed by atoms with Crippen molar-refractivity contribution in [2.75, 3.05) is 74.4 Å². The largest absolute Gasteiger partial charge is 0.481 e. The van der Waals surface area contributed by atoms with E-state index in [2.05, 4.69) is 24.5 Å². The van der Waals surface area contributed by atoms with Gasteiger partial charge in [0.15, 0.2) is 0 Å². The summed E-state index contributed by atoms with van der Waals surface area (Å²) in [6.07, 6.45) is 0.0489. The lowest BCUT2D eigenvalue weighted by Crippen LogP contribution is -2.46. The van der Waals surface area contributed by atoms with Crippen molar-refractivity contribution < 1.29 is 27.4 Å². The van der Waals surface area contributed by atoms with E-state index in [0.29, 0.717) is 11.6 Å². The molecule has 0 spiro atoms. The van der Waals surface area contributed by atoms with Crippen LogP contribution in [0.2, 0.25) is 0 Å². The summed E-state index contributed by atoms with van der Waals surface area (Å²) in [4.78, 5) is 26.7. The molecular formula is C21H28N6O6S. The van der Waals surface area contributed by atoms with Crippen molar-refractivity contribution >= 4 is 33.3 Å². The first-order valence-corrected chi connectivity index (χ1v) is 12.6. The van der Waals surface area contributed by atoms with Crippen LogP contribution in [-0.4, -0.2) is 90.3 Å². The van der Waals surface area contributed by atoms with Crippen molar-refractivity contribution in [3.63, 3.8) is 0 Å². The molecule has 0 saturated carbocycles. The van der Waals surface area contributed by atoms with E-state index in [-0.39, 0.29) is 19.1 Å². The molecule has 12 nitrogen and oxygen atoms in total. The van der Waals surface area contributed by atoms with Crippen LogP contribution in [0.5, 0.6) is 11.9 Å². The van der Waals surface area contributed by atoms with Crippen molar-refractivity contribution in [1.82, 2.24) is 14.7 Å². The molecule has 2 saturated heterocycles. The van der Waals surface area contributed by atoms with Crippen LogP contribution in [0.3, 0.4) is 0 Å². The molecule has 184 valence electrons. The fourth-order valence-electron chi connectivity index (χ4n) is 3.87. The highest BCUT2D eigenvalue weighted by Gasteiger charge is 2.32. The van der Waals surface area contributed by atoms with Crippen molar-refractivity contribution in [3.05, 3.63) is 30.3 Å². The van der Waals surface area contributed by atoms with Gasteiger partial charge in [-0.2, -0.15) is 9.97 Å². The number of nitrogens with zero attached hydrogens (tertiary/aromatic N) is 5. The molecule has 3 heterocycles. The summed E-state index contributed by atoms with van der Waals surface area (Å²) < 4.78 is 40.6. The third-order valence-electron chi connectivity index (χ3n) is 5.64. The summed E-state index contributed by atoms with van der Waals surface area (Å²) in [6.45, 7) is 3.44. The smallest absolute Gasteiger partial charge is 0.414 e. The van der Waals surface area contributed by atoms with Gasteiger partial charge in [0.2, 0.25) is 15.9 Å². The van der Waals surface area contributed by atoms with Crippen LogP contribution in [0.25, 0.3) is 0 Å². The third kappa shape index (κ3) is 5.59. The van der Waals surface area contributed by atoms with Crippen molar-refractivity contribution in [1.29, 1.82) is 0 Å². The highest BCUT2D eigenvalue weighted by molar-refractivity contribution is 7.88. The Bertz CT molecular complexity index is 1100. The molecule has 2 aliphatic heterocycles. The lowest BCUT2D eigenvalue weighted by molar-refractivity contribution is 0.143. The van der Waals surface area contributed by atoms with Crippen molar-refractivity contribution in [2.24, 2.45) is 0 Å². The zero-order valence-corrected chi connectivity index (χ0v) is 20.1. The normalized spacial score (nSPS) is 18.7. The number of ether oxygens (including phenoxy) is 3. The number of aromatic nitrogens is 2. The van der Waals surface area contributed by atoms with Crippen LogP contribution < -0.4 is 28.9 Å². The van der Waals surface area contributed by atoms with Gasteiger partial charge in [0, 0.05) is 50.2 Å². The van der Waals surface area contributed by atoms with Gasteiger partial charge in [-0.25, -0.2) is 17.9 Å². The van der Waals surface area contributed by atoms with Crippen LogP contribution in [-0.2, 0) is 14.8 Å². The minimum Gasteiger partial charge on any atom is -0.481 e. The predicted octanol–water partition coefficient (Wildman–Crippen LogP) is 0.695. The van der Waals surface area contributed by atoms with Gasteiger partial charge < -0.3 is 24.0 Å². The molecule has 4 rings (SSSR count). The number of amides is 1. The monoisotopic (exact) mass is 492 g/mol. The molecule has 1 aromatic heterocycles. The molecule has 1 amide bonds. The van der Waals surface area contributed by atoms with Crippen molar-refractivity contribution in [2.45, 2.75) is 6.10 Å². The lowest BCUT2D eigenvalue weighted by atomic mass is 10.2. The van der Waals surface area contributed by atoms with E-state index >= 15 is 0 Å². The van der Waals surface area contributed by atoms with E-state index in [1.165, 1.54) is 12.0 Å². The number of hydrogen-bond acceptors (Lipinski definition) is 10. The van der Waals surface area contributed by atoms with Gasteiger partial charge in [-0.15, -0.1) is 0 Å². The zero-order valence-electron chi connectivity index (χ0n) is 19.3. The Labute approximate surface area is 198 Å². The minimum absolute atomic E-state index is 0.0491. The minimum atomic E-state index is -3.35. The summed E-state index contributed by atoms with van der Waals surface area (Å²) in [5.41, 5.74) is 1.75. The van der Waals surface area contributed by atoms with Crippen LogP contribution in [0.15, 0.2) is 30.3 Å². The number of sulfonamides is 1. The maximum atomic E-state index is 12.2. The molecule has 0 bridgehead atoms. The second-order valence-electron chi connectivity index (χ2n) is 7.98. The Balaban J connectivity index is 1.35. The number of carbonyl (C=O) groups is 1. The summed E-state index contributed by atoms with van der Waals surface area (Å²) in [5, 5.41) is 0. The van der Waals surface area contributed by atoms with Gasteiger partial charge >= 0.3 is 12.1 Å². The van der Waals surface area contributed by atoms with Crippen LogP contribution in [0, 0.1) is 0 Å². The second-order valence-corrected chi connectivity index (χ2v) is 9.82. The Kier molecular flexibility index (Phi) is 6.93. The molecule has 0 unspecified atom stereocenters. The maximum Gasteiger partial charge on any atom is 0.414 e. The summed E-state index contributed by atoms with van der Waals surface area (Å²) >= 11 is 0. The molecule has 13 heteroatoms. The van der Waals surface area contributed by atoms with E-state index in [4.69, 9.17) is 14.2 Å². The van der Waals surface area contributed by atoms with E-state index in [9.17, 15) is 13.2 Å². The van der Waals surface area contributed by atoms with Crippen LogP contribution in [0.4, 0.5) is 22.0 Å². The molecule has 1 N–H and O–H groups in total. The molecule has 0 radical (unpaired) electrons. The number of benzene rings is 1. The maximum absolute atomic E-state index is 12.2. The second kappa shape index (κ2) is 9.89. The number of hydrogen-bond donors (Lipinski definition) is 1. The van der Waals surface area contributed by atoms with Gasteiger partial charge in [-0.1, -0.05) is 0 Å². The number of rotatable bonds is 8. The standard InChI is InChI=1S/C21H28N6O6S/c1-31-19-12-18(23-20(24-19)32-2)26-10-8-25(9-11-26)15-4-6-16(7-5-15)27-14-17(33-21(27)28)13-22-34(3,29)30/h4-7,12,17,22H,8-11,13-14H2,1-3H3/t17-/m1/s1. The number of cyclic esters (lactones) is 1. The van der Waals surface area contributed by atoms with E-state index in [1.54, 1.807) is 13.2 Å². The molecule has 34 heavy (non-hydrogen) atoms. The Morgan fingerprint density at radius 3 is 2.29 bits per heavy atom.